The highest BCUT2D eigenvalue weighted by Gasteiger charge is 2.34. The number of carbonyl (C=O) groups excluding carboxylic acids is 2. The number of H-pyrrole nitrogens is 1. The topological polar surface area (TPSA) is 113 Å². The Kier molecular flexibility index (Phi) is 8.25. The third kappa shape index (κ3) is 6.55. The van der Waals surface area contributed by atoms with Crippen LogP contribution in [0.5, 0.6) is 0 Å². The van der Waals surface area contributed by atoms with Crippen molar-refractivity contribution in [2.75, 3.05) is 26.2 Å². The Morgan fingerprint density at radius 2 is 1.73 bits per heavy atom. The quantitative estimate of drug-likeness (QED) is 0.488. The molecule has 0 bridgehead atoms. The van der Waals surface area contributed by atoms with E-state index in [0.717, 1.165) is 55.4 Å². The molecule has 1 atom stereocenters. The van der Waals surface area contributed by atoms with E-state index in [0.29, 0.717) is 25.6 Å². The van der Waals surface area contributed by atoms with Gasteiger partial charge in [0.05, 0.1) is 11.0 Å². The number of aromatic amines is 1. The number of pyridine rings is 1. The fourth-order valence-electron chi connectivity index (χ4n) is 6.02. The third-order valence-corrected chi connectivity index (χ3v) is 7.93. The number of imidazole rings is 1. The number of carbonyl (C=O) groups is 2. The highest BCUT2D eigenvalue weighted by atomic mass is 16.6. The molecule has 5 rings (SSSR count). The third-order valence-electron chi connectivity index (χ3n) is 7.93. The van der Waals surface area contributed by atoms with Crippen LogP contribution in [0.25, 0.3) is 11.0 Å². The van der Waals surface area contributed by atoms with Gasteiger partial charge in [-0.05, 0) is 70.2 Å². The molecule has 0 saturated carbocycles. The van der Waals surface area contributed by atoms with Gasteiger partial charge in [-0.1, -0.05) is 18.2 Å². The number of benzene rings is 1. The van der Waals surface area contributed by atoms with Crippen LogP contribution in [-0.4, -0.2) is 80.2 Å². The number of nitrogens with one attached hydrogen (secondary N) is 2. The number of piperidine rings is 2. The number of para-hydroxylation sites is 2. The molecule has 2 amide bonds. The SMILES string of the molecule is CC(C)(C)OC(=O)N[C@@H](Cc1cccnc1)C(=O)N1CCC(N2CCC(n3c(=O)[nH]c4ccccc43)CC2)CC1. The molecule has 0 unspecified atom stereocenters. The molecule has 3 aromatic rings. The van der Waals surface area contributed by atoms with E-state index in [1.54, 1.807) is 33.2 Å². The number of ether oxygens (including phenoxy) is 1. The minimum atomic E-state index is -0.721. The molecular formula is C30H40N6O4. The molecule has 2 saturated heterocycles. The van der Waals surface area contributed by atoms with Gasteiger partial charge in [-0.3, -0.25) is 14.3 Å². The molecule has 214 valence electrons. The molecule has 0 aliphatic carbocycles. The lowest BCUT2D eigenvalue weighted by Gasteiger charge is -2.42. The summed E-state index contributed by atoms with van der Waals surface area (Å²) in [6, 6.07) is 11.5. The Hall–Kier alpha value is -3.66. The van der Waals surface area contributed by atoms with Gasteiger partial charge in [0.25, 0.3) is 0 Å². The van der Waals surface area contributed by atoms with Gasteiger partial charge in [-0.2, -0.15) is 0 Å². The van der Waals surface area contributed by atoms with Gasteiger partial charge in [0.1, 0.15) is 11.6 Å². The summed E-state index contributed by atoms with van der Waals surface area (Å²) in [6.07, 6.45) is 6.78. The molecule has 4 heterocycles. The number of nitrogens with zero attached hydrogens (tertiary/aromatic N) is 4. The van der Waals surface area contributed by atoms with E-state index < -0.39 is 17.7 Å². The first-order valence-electron chi connectivity index (χ1n) is 14.3. The monoisotopic (exact) mass is 548 g/mol. The zero-order chi connectivity index (χ0) is 28.3. The maximum atomic E-state index is 13.6. The molecule has 0 radical (unpaired) electrons. The summed E-state index contributed by atoms with van der Waals surface area (Å²) < 4.78 is 7.36. The first-order chi connectivity index (χ1) is 19.2. The fraction of sp³-hybridized carbons (Fsp3) is 0.533. The Labute approximate surface area is 234 Å². The van der Waals surface area contributed by atoms with E-state index in [-0.39, 0.29) is 17.6 Å². The molecule has 2 aliphatic heterocycles. The Morgan fingerprint density at radius 3 is 2.40 bits per heavy atom. The minimum absolute atomic E-state index is 0.0349. The molecular weight excluding hydrogens is 508 g/mol. The zero-order valence-corrected chi connectivity index (χ0v) is 23.6. The molecule has 1 aromatic carbocycles. The van der Waals surface area contributed by atoms with Crippen molar-refractivity contribution in [1.29, 1.82) is 0 Å². The summed E-state index contributed by atoms with van der Waals surface area (Å²) in [5.74, 6) is -0.0921. The number of alkyl carbamates (subject to hydrolysis) is 1. The standard InChI is InChI=1S/C30H40N6O4/c1-30(2,3)40-29(39)33-25(19-21-7-6-14-31-20-21)27(37)35-17-10-22(11-18-35)34-15-12-23(13-16-34)36-26-9-5-4-8-24(26)32-28(36)38/h4-9,14,20,22-23,25H,10-13,15-19H2,1-3H3,(H,32,38)(H,33,39)/t25-/m0/s1. The van der Waals surface area contributed by atoms with Gasteiger partial charge < -0.3 is 24.8 Å². The van der Waals surface area contributed by atoms with Gasteiger partial charge >= 0.3 is 11.8 Å². The van der Waals surface area contributed by atoms with Crippen LogP contribution in [0.15, 0.2) is 53.6 Å². The molecule has 40 heavy (non-hydrogen) atoms. The van der Waals surface area contributed by atoms with Crippen molar-refractivity contribution in [3.63, 3.8) is 0 Å². The Bertz CT molecular complexity index is 1360. The normalized spacial score (nSPS) is 18.5. The highest BCUT2D eigenvalue weighted by Crippen LogP contribution is 2.28. The molecule has 0 spiro atoms. The van der Waals surface area contributed by atoms with Crippen LogP contribution in [0.4, 0.5) is 4.79 Å². The number of hydrogen-bond donors (Lipinski definition) is 2. The number of likely N-dealkylation sites (tertiary alicyclic amines) is 2. The van der Waals surface area contributed by atoms with E-state index in [1.807, 2.05) is 45.9 Å². The lowest BCUT2D eigenvalue weighted by Crippen LogP contribution is -2.55. The summed E-state index contributed by atoms with van der Waals surface area (Å²) in [5, 5.41) is 2.81. The largest absolute Gasteiger partial charge is 0.444 e. The molecule has 2 fully saturated rings. The number of hydrogen-bond acceptors (Lipinski definition) is 6. The van der Waals surface area contributed by atoms with Gasteiger partial charge in [-0.25, -0.2) is 9.59 Å². The predicted octanol–water partition coefficient (Wildman–Crippen LogP) is 3.49. The van der Waals surface area contributed by atoms with Crippen molar-refractivity contribution in [2.24, 2.45) is 0 Å². The van der Waals surface area contributed by atoms with Gasteiger partial charge in [0.15, 0.2) is 0 Å². The number of amides is 2. The van der Waals surface area contributed by atoms with Crippen LogP contribution in [-0.2, 0) is 16.0 Å². The van der Waals surface area contributed by atoms with Crippen LogP contribution >= 0.6 is 0 Å². The van der Waals surface area contributed by atoms with Crippen LogP contribution in [0.2, 0.25) is 0 Å². The van der Waals surface area contributed by atoms with Crippen molar-refractivity contribution in [3.8, 4) is 0 Å². The van der Waals surface area contributed by atoms with E-state index in [1.165, 1.54) is 0 Å². The smallest absolute Gasteiger partial charge is 0.408 e. The lowest BCUT2D eigenvalue weighted by atomic mass is 9.96. The van der Waals surface area contributed by atoms with Crippen molar-refractivity contribution in [2.45, 2.75) is 76.6 Å². The second-order valence-electron chi connectivity index (χ2n) is 11.9. The molecule has 10 heteroatoms. The number of aromatic nitrogens is 3. The van der Waals surface area contributed by atoms with Gasteiger partial charge in [0.2, 0.25) is 5.91 Å². The average molecular weight is 549 g/mol. The second kappa shape index (κ2) is 11.8. The van der Waals surface area contributed by atoms with E-state index in [2.05, 4.69) is 20.2 Å². The average Bonchev–Trinajstić information content (AvgIpc) is 3.27. The van der Waals surface area contributed by atoms with Crippen LogP contribution < -0.4 is 11.0 Å². The van der Waals surface area contributed by atoms with Crippen molar-refractivity contribution >= 4 is 23.0 Å². The lowest BCUT2D eigenvalue weighted by molar-refractivity contribution is -0.135. The van der Waals surface area contributed by atoms with Gasteiger partial charge in [0, 0.05) is 57.1 Å². The number of rotatable bonds is 6. The summed E-state index contributed by atoms with van der Waals surface area (Å²) in [6.45, 7) is 8.55. The molecule has 2 N–H and O–H groups in total. The first kappa shape index (κ1) is 27.9. The molecule has 2 aromatic heterocycles. The minimum Gasteiger partial charge on any atom is -0.444 e. The maximum Gasteiger partial charge on any atom is 0.408 e. The van der Waals surface area contributed by atoms with Crippen molar-refractivity contribution < 1.29 is 14.3 Å². The van der Waals surface area contributed by atoms with Crippen molar-refractivity contribution in [3.05, 3.63) is 64.8 Å². The van der Waals surface area contributed by atoms with Crippen LogP contribution in [0.1, 0.15) is 58.1 Å². The fourth-order valence-corrected chi connectivity index (χ4v) is 6.02. The van der Waals surface area contributed by atoms with E-state index >= 15 is 0 Å². The van der Waals surface area contributed by atoms with E-state index in [9.17, 15) is 14.4 Å². The van der Waals surface area contributed by atoms with Gasteiger partial charge in [-0.15, -0.1) is 0 Å². The Balaban J connectivity index is 1.17. The highest BCUT2D eigenvalue weighted by molar-refractivity contribution is 5.86. The maximum absolute atomic E-state index is 13.6. The van der Waals surface area contributed by atoms with E-state index in [4.69, 9.17) is 4.74 Å². The zero-order valence-electron chi connectivity index (χ0n) is 23.6. The summed E-state index contributed by atoms with van der Waals surface area (Å²) in [7, 11) is 0. The predicted molar refractivity (Wildman–Crippen MR) is 153 cm³/mol. The van der Waals surface area contributed by atoms with Crippen LogP contribution in [0.3, 0.4) is 0 Å². The first-order valence-corrected chi connectivity index (χ1v) is 14.3. The summed E-state index contributed by atoms with van der Waals surface area (Å²) in [5.41, 5.74) is 2.05. The summed E-state index contributed by atoms with van der Waals surface area (Å²) in [4.78, 5) is 50.3. The second-order valence-corrected chi connectivity index (χ2v) is 11.9. The molecule has 10 nitrogen and oxygen atoms in total. The van der Waals surface area contributed by atoms with Crippen LogP contribution in [0, 0.1) is 0 Å². The molecule has 2 aliphatic rings. The number of fused-ring (bicyclic) bond motifs is 1. The van der Waals surface area contributed by atoms with Crippen molar-refractivity contribution in [1.82, 2.24) is 29.7 Å². The summed E-state index contributed by atoms with van der Waals surface area (Å²) >= 11 is 0. The Morgan fingerprint density at radius 1 is 1.02 bits per heavy atom.